The van der Waals surface area contributed by atoms with Crippen molar-refractivity contribution in [3.8, 4) is 0 Å². The van der Waals surface area contributed by atoms with Crippen LogP contribution in [-0.2, 0) is 0 Å². The van der Waals surface area contributed by atoms with Gasteiger partial charge in [0.25, 0.3) is 12.0 Å². The van der Waals surface area contributed by atoms with E-state index in [1.165, 1.54) is 0 Å². The molecule has 0 saturated carbocycles. The van der Waals surface area contributed by atoms with Gasteiger partial charge in [-0.1, -0.05) is 0 Å². The summed E-state index contributed by atoms with van der Waals surface area (Å²) in [6.45, 7) is 0. The zero-order chi connectivity index (χ0) is 6.85. The molecule has 2 N–H and O–H groups in total. The second kappa shape index (κ2) is 2.00. The first kappa shape index (κ1) is 6.00. The highest BCUT2D eigenvalue weighted by atomic mass is 19.3. The zero-order valence-electron chi connectivity index (χ0n) is 4.32. The molecule has 9 heavy (non-hydrogen) atoms. The van der Waals surface area contributed by atoms with E-state index in [1.807, 2.05) is 10.2 Å². The van der Waals surface area contributed by atoms with Crippen LogP contribution in [-0.4, -0.2) is 10.2 Å². The smallest absolute Gasteiger partial charge is 0.279 e. The molecule has 0 saturated heterocycles. The first-order valence-corrected chi connectivity index (χ1v) is 2.26. The molecule has 3 nitrogen and oxygen atoms in total. The van der Waals surface area contributed by atoms with E-state index >= 15 is 0 Å². The summed E-state index contributed by atoms with van der Waals surface area (Å²) in [7, 11) is 0. The molecule has 0 fully saturated rings. The van der Waals surface area contributed by atoms with Gasteiger partial charge in [0.1, 0.15) is 5.69 Å². The van der Waals surface area contributed by atoms with Crippen molar-refractivity contribution < 1.29 is 8.78 Å². The lowest BCUT2D eigenvalue weighted by Crippen LogP contribution is -1.93. The molecule has 5 heteroatoms. The fourth-order valence-corrected chi connectivity index (χ4v) is 0.465. The number of halogens is 2. The van der Waals surface area contributed by atoms with Crippen molar-refractivity contribution in [3.05, 3.63) is 22.1 Å². The Morgan fingerprint density at radius 3 is 2.33 bits per heavy atom. The number of nitrogens with one attached hydrogen (secondary N) is 2. The fourth-order valence-electron chi connectivity index (χ4n) is 0.465. The molecule has 0 bridgehead atoms. The van der Waals surface area contributed by atoms with Gasteiger partial charge in [-0.25, -0.2) is 8.78 Å². The second-order valence-corrected chi connectivity index (χ2v) is 1.51. The van der Waals surface area contributed by atoms with Gasteiger partial charge in [0.2, 0.25) is 0 Å². The van der Waals surface area contributed by atoms with E-state index in [4.69, 9.17) is 0 Å². The van der Waals surface area contributed by atoms with Crippen LogP contribution < -0.4 is 5.56 Å². The first-order valence-electron chi connectivity index (χ1n) is 2.26. The van der Waals surface area contributed by atoms with E-state index in [0.717, 1.165) is 6.07 Å². The van der Waals surface area contributed by atoms with E-state index in [1.54, 1.807) is 0 Å². The molecule has 50 valence electrons. The summed E-state index contributed by atoms with van der Waals surface area (Å²) in [6, 6.07) is 0.824. The predicted octanol–water partition coefficient (Wildman–Crippen LogP) is 0.641. The molecular formula is C4H4F2N2O. The molecule has 1 aromatic heterocycles. The standard InChI is InChI=1S/C4H4F2N2O/c5-4(6)2-1-3(9)8-7-2/h1,4H,(H2,7,8,9). The highest BCUT2D eigenvalue weighted by Gasteiger charge is 2.07. The van der Waals surface area contributed by atoms with Crippen LogP contribution in [0.2, 0.25) is 0 Å². The molecule has 0 aliphatic rings. The summed E-state index contributed by atoms with van der Waals surface area (Å²) in [5.41, 5.74) is -0.912. The fraction of sp³-hybridized carbons (Fsp3) is 0.250. The maximum absolute atomic E-state index is 11.6. The second-order valence-electron chi connectivity index (χ2n) is 1.51. The monoisotopic (exact) mass is 134 g/mol. The molecule has 1 aromatic rings. The van der Waals surface area contributed by atoms with Crippen LogP contribution in [0.4, 0.5) is 8.78 Å². The number of alkyl halides is 2. The van der Waals surface area contributed by atoms with Crippen molar-refractivity contribution in [2.45, 2.75) is 6.43 Å². The minimum Gasteiger partial charge on any atom is -0.297 e. The quantitative estimate of drug-likeness (QED) is 0.581. The molecule has 1 heterocycles. The number of aromatic nitrogens is 2. The van der Waals surface area contributed by atoms with Crippen molar-refractivity contribution in [2.75, 3.05) is 0 Å². The van der Waals surface area contributed by atoms with Crippen LogP contribution in [0, 0.1) is 0 Å². The molecular weight excluding hydrogens is 130 g/mol. The van der Waals surface area contributed by atoms with Crippen molar-refractivity contribution in [3.63, 3.8) is 0 Å². The van der Waals surface area contributed by atoms with Gasteiger partial charge in [-0.15, -0.1) is 0 Å². The Hall–Kier alpha value is -1.13. The lowest BCUT2D eigenvalue weighted by Gasteiger charge is -1.87. The van der Waals surface area contributed by atoms with Crippen LogP contribution in [0.25, 0.3) is 0 Å². The van der Waals surface area contributed by atoms with E-state index in [0.29, 0.717) is 0 Å². The highest BCUT2D eigenvalue weighted by molar-refractivity contribution is 4.98. The molecule has 0 unspecified atom stereocenters. The topological polar surface area (TPSA) is 48.6 Å². The van der Waals surface area contributed by atoms with E-state index in [2.05, 4.69) is 0 Å². The summed E-state index contributed by atoms with van der Waals surface area (Å²) >= 11 is 0. The third-order valence-electron chi connectivity index (χ3n) is 0.852. The van der Waals surface area contributed by atoms with Gasteiger partial charge in [0.15, 0.2) is 0 Å². The Labute approximate surface area is 48.7 Å². The lowest BCUT2D eigenvalue weighted by atomic mass is 10.5. The van der Waals surface area contributed by atoms with Crippen molar-refractivity contribution >= 4 is 0 Å². The molecule has 0 aromatic carbocycles. The minimum atomic E-state index is -2.61. The molecule has 0 aliphatic carbocycles. The van der Waals surface area contributed by atoms with Gasteiger partial charge in [0.05, 0.1) is 0 Å². The van der Waals surface area contributed by atoms with Crippen molar-refractivity contribution in [1.82, 2.24) is 10.2 Å². The highest BCUT2D eigenvalue weighted by Crippen LogP contribution is 2.12. The summed E-state index contributed by atoms with van der Waals surface area (Å²) in [4.78, 5) is 10.2. The maximum atomic E-state index is 11.6. The van der Waals surface area contributed by atoms with Crippen LogP contribution >= 0.6 is 0 Å². The van der Waals surface area contributed by atoms with Crippen LogP contribution in [0.5, 0.6) is 0 Å². The Morgan fingerprint density at radius 1 is 1.44 bits per heavy atom. The van der Waals surface area contributed by atoms with Crippen LogP contribution in [0.3, 0.4) is 0 Å². The molecule has 1 rings (SSSR count). The molecule has 0 aliphatic heterocycles. The minimum absolute atomic E-state index is 0.375. The van der Waals surface area contributed by atoms with Crippen LogP contribution in [0.15, 0.2) is 10.9 Å². The number of aromatic amines is 2. The third-order valence-corrected chi connectivity index (χ3v) is 0.852. The normalized spacial score (nSPS) is 10.6. The zero-order valence-corrected chi connectivity index (χ0v) is 4.32. The Kier molecular flexibility index (Phi) is 1.33. The lowest BCUT2D eigenvalue weighted by molar-refractivity contribution is 0.146. The van der Waals surface area contributed by atoms with Crippen molar-refractivity contribution in [2.24, 2.45) is 0 Å². The number of rotatable bonds is 1. The molecule has 0 spiro atoms. The van der Waals surface area contributed by atoms with Gasteiger partial charge < -0.3 is 0 Å². The predicted molar refractivity (Wildman–Crippen MR) is 26.4 cm³/mol. The van der Waals surface area contributed by atoms with Gasteiger partial charge in [0, 0.05) is 6.07 Å². The third kappa shape index (κ3) is 1.16. The summed E-state index contributed by atoms with van der Waals surface area (Å²) in [5, 5.41) is 4.01. The van der Waals surface area contributed by atoms with Crippen LogP contribution in [0.1, 0.15) is 12.1 Å². The Morgan fingerprint density at radius 2 is 2.11 bits per heavy atom. The van der Waals surface area contributed by atoms with Gasteiger partial charge in [-0.2, -0.15) is 0 Å². The van der Waals surface area contributed by atoms with Gasteiger partial charge in [-0.05, 0) is 0 Å². The first-order chi connectivity index (χ1) is 4.20. The number of hydrogen-bond acceptors (Lipinski definition) is 1. The molecule has 0 radical (unpaired) electrons. The summed E-state index contributed by atoms with van der Waals surface area (Å²) < 4.78 is 23.2. The molecule has 0 amide bonds. The van der Waals surface area contributed by atoms with E-state index < -0.39 is 12.0 Å². The van der Waals surface area contributed by atoms with Crippen molar-refractivity contribution in [1.29, 1.82) is 0 Å². The average Bonchev–Trinajstić information content (AvgIpc) is 2.14. The summed E-state index contributed by atoms with van der Waals surface area (Å²) in [5.74, 6) is 0. The van der Waals surface area contributed by atoms with E-state index in [-0.39, 0.29) is 5.69 Å². The SMILES string of the molecule is O=c1cc(C(F)F)[nH][nH]1. The number of hydrogen-bond donors (Lipinski definition) is 2. The van der Waals surface area contributed by atoms with E-state index in [9.17, 15) is 13.6 Å². The summed E-state index contributed by atoms with van der Waals surface area (Å²) in [6.07, 6.45) is -2.61. The van der Waals surface area contributed by atoms with Gasteiger partial charge in [-0.3, -0.25) is 15.0 Å². The maximum Gasteiger partial charge on any atom is 0.279 e. The average molecular weight is 134 g/mol. The number of H-pyrrole nitrogens is 2. The Bertz CT molecular complexity index is 239. The largest absolute Gasteiger partial charge is 0.297 e. The molecule has 0 atom stereocenters. The van der Waals surface area contributed by atoms with Gasteiger partial charge >= 0.3 is 0 Å². The Balaban J connectivity index is 2.98.